The van der Waals surface area contributed by atoms with Crippen LogP contribution in [0.25, 0.3) is 0 Å². The minimum atomic E-state index is -2.69. The van der Waals surface area contributed by atoms with E-state index in [1.165, 1.54) is 7.11 Å². The molecular formula is C3H8O4S. The minimum absolute atomic E-state index is 0.106. The number of hydrogen-bond acceptors (Lipinski definition) is 4. The Morgan fingerprint density at radius 2 is 2.00 bits per heavy atom. The van der Waals surface area contributed by atoms with Gasteiger partial charge in [-0.15, -0.1) is 0 Å². The van der Waals surface area contributed by atoms with E-state index in [2.05, 4.69) is 8.92 Å². The van der Waals surface area contributed by atoms with E-state index in [1.54, 1.807) is 0 Å². The Morgan fingerprint density at radius 3 is 2.38 bits per heavy atom. The predicted octanol–water partition coefficient (Wildman–Crippen LogP) is -0.824. The molecule has 0 aliphatic carbocycles. The van der Waals surface area contributed by atoms with Gasteiger partial charge in [-0.2, -0.15) is 0 Å². The monoisotopic (exact) mass is 140 g/mol. The van der Waals surface area contributed by atoms with Crippen LogP contribution in [-0.4, -0.2) is 28.7 Å². The van der Waals surface area contributed by atoms with E-state index in [0.717, 1.165) is 0 Å². The summed E-state index contributed by atoms with van der Waals surface area (Å²) in [5.74, 6) is 0. The molecule has 0 saturated carbocycles. The zero-order valence-electron chi connectivity index (χ0n) is 4.49. The first kappa shape index (κ1) is 7.87. The fraction of sp³-hybridized carbons (Fsp3) is 1.00. The Labute approximate surface area is 49.6 Å². The molecule has 0 heterocycles. The lowest BCUT2D eigenvalue weighted by Gasteiger charge is -1.91. The second-order valence-corrected chi connectivity index (χ2v) is 1.76. The summed E-state index contributed by atoms with van der Waals surface area (Å²) in [4.78, 5) is 0. The molecule has 0 saturated heterocycles. The summed E-state index contributed by atoms with van der Waals surface area (Å²) < 4.78 is 27.9. The molecule has 0 N–H and O–H groups in total. The Bertz CT molecular complexity index is 99.9. The first-order chi connectivity index (χ1) is 3.77. The Hall–Kier alpha value is -0.130. The summed E-state index contributed by atoms with van der Waals surface area (Å²) in [6, 6.07) is 0. The number of methoxy groups -OCH3 is 1. The van der Waals surface area contributed by atoms with Crippen molar-refractivity contribution < 1.29 is 17.3 Å². The molecule has 5 heteroatoms. The third kappa shape index (κ3) is 5.87. The molecule has 0 atom stereocenters. The standard InChI is InChI=1S/C3H8O4S/c1-6-2-3-7-8(4)5/h8H,2-3H2,1H3. The maximum atomic E-state index is 9.63. The molecule has 0 aliphatic rings. The zero-order chi connectivity index (χ0) is 6.41. The van der Waals surface area contributed by atoms with Crippen molar-refractivity contribution in [1.29, 1.82) is 0 Å². The maximum Gasteiger partial charge on any atom is 0.257 e. The number of ether oxygens (including phenoxy) is 1. The quantitative estimate of drug-likeness (QED) is 0.409. The third-order valence-corrected chi connectivity index (χ3v) is 0.878. The van der Waals surface area contributed by atoms with Crippen LogP contribution >= 0.6 is 0 Å². The van der Waals surface area contributed by atoms with Gasteiger partial charge in [0.05, 0.1) is 13.2 Å². The number of rotatable bonds is 4. The van der Waals surface area contributed by atoms with E-state index >= 15 is 0 Å². The molecular weight excluding hydrogens is 132 g/mol. The SMILES string of the molecule is COCCO[SH](=O)=O. The summed E-state index contributed by atoms with van der Waals surface area (Å²) in [7, 11) is -1.22. The Morgan fingerprint density at radius 1 is 1.38 bits per heavy atom. The van der Waals surface area contributed by atoms with E-state index in [4.69, 9.17) is 0 Å². The van der Waals surface area contributed by atoms with Gasteiger partial charge in [0.1, 0.15) is 0 Å². The van der Waals surface area contributed by atoms with Crippen LogP contribution in [-0.2, 0) is 19.9 Å². The van der Waals surface area contributed by atoms with Crippen LogP contribution in [0.2, 0.25) is 0 Å². The maximum absolute atomic E-state index is 9.63. The van der Waals surface area contributed by atoms with Gasteiger partial charge in [0.15, 0.2) is 0 Å². The van der Waals surface area contributed by atoms with Gasteiger partial charge in [-0.05, 0) is 0 Å². The predicted molar refractivity (Wildman–Crippen MR) is 28.1 cm³/mol. The molecule has 8 heavy (non-hydrogen) atoms. The summed E-state index contributed by atoms with van der Waals surface area (Å²) in [5, 5.41) is 0. The molecule has 0 bridgehead atoms. The Balaban J connectivity index is 2.94. The second kappa shape index (κ2) is 5.02. The van der Waals surface area contributed by atoms with Crippen LogP contribution < -0.4 is 0 Å². The van der Waals surface area contributed by atoms with Crippen LogP contribution in [0.5, 0.6) is 0 Å². The molecule has 0 aromatic heterocycles. The highest BCUT2D eigenvalue weighted by Crippen LogP contribution is 1.72. The third-order valence-electron chi connectivity index (χ3n) is 0.484. The van der Waals surface area contributed by atoms with Gasteiger partial charge < -0.3 is 4.74 Å². The van der Waals surface area contributed by atoms with Gasteiger partial charge >= 0.3 is 0 Å². The van der Waals surface area contributed by atoms with Crippen molar-refractivity contribution in [3.8, 4) is 0 Å². The first-order valence-electron chi connectivity index (χ1n) is 2.03. The smallest absolute Gasteiger partial charge is 0.257 e. The van der Waals surface area contributed by atoms with Crippen molar-refractivity contribution in [3.63, 3.8) is 0 Å². The van der Waals surface area contributed by atoms with Crippen molar-refractivity contribution in [2.24, 2.45) is 0 Å². The first-order valence-corrected chi connectivity index (χ1v) is 3.13. The molecule has 0 aliphatic heterocycles. The lowest BCUT2D eigenvalue weighted by Crippen LogP contribution is -1.99. The molecule has 0 aromatic rings. The van der Waals surface area contributed by atoms with Crippen molar-refractivity contribution in [2.75, 3.05) is 20.3 Å². The molecule has 4 nitrogen and oxygen atoms in total. The van der Waals surface area contributed by atoms with Gasteiger partial charge in [0, 0.05) is 7.11 Å². The highest BCUT2D eigenvalue weighted by atomic mass is 32.2. The fourth-order valence-electron chi connectivity index (χ4n) is 0.195. The van der Waals surface area contributed by atoms with Gasteiger partial charge in [0.25, 0.3) is 11.0 Å². The van der Waals surface area contributed by atoms with E-state index in [0.29, 0.717) is 6.61 Å². The zero-order valence-corrected chi connectivity index (χ0v) is 5.39. The molecule has 50 valence electrons. The minimum Gasteiger partial charge on any atom is -0.382 e. The van der Waals surface area contributed by atoms with Crippen molar-refractivity contribution >= 4 is 11.0 Å². The molecule has 0 amide bonds. The largest absolute Gasteiger partial charge is 0.382 e. The van der Waals surface area contributed by atoms with Crippen molar-refractivity contribution in [3.05, 3.63) is 0 Å². The molecule has 0 radical (unpaired) electrons. The van der Waals surface area contributed by atoms with E-state index in [9.17, 15) is 8.42 Å². The average molecular weight is 140 g/mol. The van der Waals surface area contributed by atoms with E-state index < -0.39 is 11.0 Å². The normalized spacial score (nSPS) is 10.2. The summed E-state index contributed by atoms with van der Waals surface area (Å²) in [5.41, 5.74) is 0. The fourth-order valence-corrected chi connectivity index (χ4v) is 0.419. The van der Waals surface area contributed by atoms with E-state index in [-0.39, 0.29) is 6.61 Å². The molecule has 0 aromatic carbocycles. The summed E-state index contributed by atoms with van der Waals surface area (Å²) in [6.07, 6.45) is 0. The molecule has 0 spiro atoms. The van der Waals surface area contributed by atoms with Gasteiger partial charge in [-0.1, -0.05) is 0 Å². The average Bonchev–Trinajstić information content (AvgIpc) is 1.66. The van der Waals surface area contributed by atoms with Crippen molar-refractivity contribution in [1.82, 2.24) is 0 Å². The lowest BCUT2D eigenvalue weighted by atomic mass is 10.8. The van der Waals surface area contributed by atoms with E-state index in [1.807, 2.05) is 0 Å². The van der Waals surface area contributed by atoms with Crippen LogP contribution in [0, 0.1) is 0 Å². The lowest BCUT2D eigenvalue weighted by molar-refractivity contribution is 0.152. The number of hydrogen-bond donors (Lipinski definition) is 1. The highest BCUT2D eigenvalue weighted by molar-refractivity contribution is 7.67. The van der Waals surface area contributed by atoms with Crippen molar-refractivity contribution in [2.45, 2.75) is 0 Å². The molecule has 0 unspecified atom stereocenters. The molecule has 0 fully saturated rings. The Kier molecular flexibility index (Phi) is 4.93. The summed E-state index contributed by atoms with van der Waals surface area (Å²) in [6.45, 7) is 0.415. The number of thiol groups is 1. The van der Waals surface area contributed by atoms with Crippen LogP contribution in [0.1, 0.15) is 0 Å². The molecule has 0 rings (SSSR count). The topological polar surface area (TPSA) is 52.6 Å². The second-order valence-electron chi connectivity index (χ2n) is 1.05. The van der Waals surface area contributed by atoms with Gasteiger partial charge in [0.2, 0.25) is 0 Å². The summed E-state index contributed by atoms with van der Waals surface area (Å²) >= 11 is 0. The van der Waals surface area contributed by atoms with Crippen LogP contribution in [0.4, 0.5) is 0 Å². The van der Waals surface area contributed by atoms with Gasteiger partial charge in [-0.3, -0.25) is 4.18 Å². The highest BCUT2D eigenvalue weighted by Gasteiger charge is 1.83. The van der Waals surface area contributed by atoms with Crippen LogP contribution in [0.15, 0.2) is 0 Å². The van der Waals surface area contributed by atoms with Gasteiger partial charge in [-0.25, -0.2) is 8.42 Å². The van der Waals surface area contributed by atoms with Crippen LogP contribution in [0.3, 0.4) is 0 Å².